The van der Waals surface area contributed by atoms with Crippen molar-refractivity contribution in [3.63, 3.8) is 0 Å². The molecule has 122 valence electrons. The number of benzene rings is 1. The van der Waals surface area contributed by atoms with Crippen LogP contribution in [0.4, 0.5) is 10.5 Å². The van der Waals surface area contributed by atoms with Gasteiger partial charge >= 0.3 is 6.03 Å². The molecule has 6 heteroatoms. The molecule has 1 N–H and O–H groups in total. The van der Waals surface area contributed by atoms with Crippen LogP contribution in [0.25, 0.3) is 0 Å². The van der Waals surface area contributed by atoms with Gasteiger partial charge in [0.1, 0.15) is 11.5 Å². The van der Waals surface area contributed by atoms with E-state index in [-0.39, 0.29) is 6.03 Å². The molecule has 2 amide bonds. The van der Waals surface area contributed by atoms with Crippen LogP contribution in [0.3, 0.4) is 0 Å². The van der Waals surface area contributed by atoms with Gasteiger partial charge in [0.15, 0.2) is 0 Å². The number of hydrogen-bond donors (Lipinski definition) is 1. The molecule has 1 fully saturated rings. The van der Waals surface area contributed by atoms with Gasteiger partial charge in [-0.1, -0.05) is 0 Å². The van der Waals surface area contributed by atoms with Crippen LogP contribution in [0, 0.1) is 0 Å². The van der Waals surface area contributed by atoms with E-state index in [2.05, 4.69) is 16.8 Å². The lowest BCUT2D eigenvalue weighted by Gasteiger charge is -2.23. The summed E-state index contributed by atoms with van der Waals surface area (Å²) < 4.78 is 10.5. The number of urea groups is 1. The first-order chi connectivity index (χ1) is 11.2. The molecule has 5 nitrogen and oxygen atoms in total. The molecule has 0 atom stereocenters. The van der Waals surface area contributed by atoms with Gasteiger partial charge in [0.2, 0.25) is 0 Å². The number of nitrogens with one attached hydrogen (secondary N) is 1. The van der Waals surface area contributed by atoms with Gasteiger partial charge in [-0.05, 0) is 47.4 Å². The van der Waals surface area contributed by atoms with Crippen molar-refractivity contribution < 1.29 is 14.3 Å². The van der Waals surface area contributed by atoms with Crippen LogP contribution in [0.2, 0.25) is 0 Å². The summed E-state index contributed by atoms with van der Waals surface area (Å²) in [5, 5.41) is 7.07. The summed E-state index contributed by atoms with van der Waals surface area (Å²) in [6.45, 7) is 0.637. The van der Waals surface area contributed by atoms with Gasteiger partial charge in [0.25, 0.3) is 0 Å². The Balaban J connectivity index is 1.74. The molecule has 0 aliphatic heterocycles. The fraction of sp³-hybridized carbons (Fsp3) is 0.353. The summed E-state index contributed by atoms with van der Waals surface area (Å²) >= 11 is 1.65. The van der Waals surface area contributed by atoms with Crippen molar-refractivity contribution in [2.45, 2.75) is 25.4 Å². The van der Waals surface area contributed by atoms with Gasteiger partial charge in [-0.25, -0.2) is 4.79 Å². The molecule has 23 heavy (non-hydrogen) atoms. The zero-order valence-corrected chi connectivity index (χ0v) is 14.1. The van der Waals surface area contributed by atoms with Gasteiger partial charge in [-0.3, -0.25) is 0 Å². The van der Waals surface area contributed by atoms with Gasteiger partial charge < -0.3 is 19.7 Å². The monoisotopic (exact) mass is 332 g/mol. The third-order valence-corrected chi connectivity index (χ3v) is 4.56. The predicted octanol–water partition coefficient (Wildman–Crippen LogP) is 3.96. The van der Waals surface area contributed by atoms with Crippen LogP contribution in [-0.2, 0) is 6.54 Å². The summed E-state index contributed by atoms with van der Waals surface area (Å²) in [5.74, 6) is 1.28. The number of carbonyl (C=O) groups excluding carboxylic acids is 1. The first kappa shape index (κ1) is 15.7. The van der Waals surface area contributed by atoms with Crippen molar-refractivity contribution in [2.75, 3.05) is 19.5 Å². The number of amides is 2. The van der Waals surface area contributed by atoms with Crippen molar-refractivity contribution in [1.29, 1.82) is 0 Å². The highest BCUT2D eigenvalue weighted by Gasteiger charge is 2.33. The second kappa shape index (κ2) is 6.91. The number of hydrogen-bond acceptors (Lipinski definition) is 4. The number of carbonyl (C=O) groups is 1. The van der Waals surface area contributed by atoms with E-state index in [1.54, 1.807) is 43.8 Å². The molecule has 2 aromatic rings. The molecule has 1 aromatic heterocycles. The standard InChI is InChI=1S/C17H20N2O3S/c1-21-14-5-6-15(16(9-14)22-2)18-17(20)19(13-3-4-13)10-12-7-8-23-11-12/h5-9,11,13H,3-4,10H2,1-2H3,(H,18,20). The molecule has 1 heterocycles. The molecule has 0 spiro atoms. The lowest BCUT2D eigenvalue weighted by atomic mass is 10.2. The highest BCUT2D eigenvalue weighted by atomic mass is 32.1. The molecule has 1 aromatic carbocycles. The van der Waals surface area contributed by atoms with Crippen molar-refractivity contribution in [3.8, 4) is 11.5 Å². The van der Waals surface area contributed by atoms with E-state index in [4.69, 9.17) is 9.47 Å². The quantitative estimate of drug-likeness (QED) is 0.871. The topological polar surface area (TPSA) is 50.8 Å². The highest BCUT2D eigenvalue weighted by molar-refractivity contribution is 7.07. The Morgan fingerprint density at radius 2 is 2.13 bits per heavy atom. The first-order valence-corrected chi connectivity index (χ1v) is 8.46. The minimum absolute atomic E-state index is 0.0952. The number of anilines is 1. The zero-order valence-electron chi connectivity index (χ0n) is 13.2. The minimum Gasteiger partial charge on any atom is -0.497 e. The largest absolute Gasteiger partial charge is 0.497 e. The van der Waals surface area contributed by atoms with Crippen LogP contribution in [0.5, 0.6) is 11.5 Å². The van der Waals surface area contributed by atoms with Crippen molar-refractivity contribution in [3.05, 3.63) is 40.6 Å². The van der Waals surface area contributed by atoms with Crippen molar-refractivity contribution in [1.82, 2.24) is 4.90 Å². The molecular formula is C17H20N2O3S. The van der Waals surface area contributed by atoms with Gasteiger partial charge in [-0.15, -0.1) is 0 Å². The SMILES string of the molecule is COc1ccc(NC(=O)N(Cc2ccsc2)C2CC2)c(OC)c1. The molecule has 0 bridgehead atoms. The predicted molar refractivity (Wildman–Crippen MR) is 91.4 cm³/mol. The normalized spacial score (nSPS) is 13.5. The molecule has 1 saturated carbocycles. The molecule has 0 radical (unpaired) electrons. The molecule has 1 aliphatic carbocycles. The average Bonchev–Trinajstić information content (AvgIpc) is 3.28. The zero-order chi connectivity index (χ0) is 16.2. The van der Waals surface area contributed by atoms with E-state index in [9.17, 15) is 4.79 Å². The molecule has 3 rings (SSSR count). The number of methoxy groups -OCH3 is 2. The van der Waals surface area contributed by atoms with Gasteiger partial charge in [0, 0.05) is 18.7 Å². The fourth-order valence-electron chi connectivity index (χ4n) is 2.42. The second-order valence-corrected chi connectivity index (χ2v) is 6.27. The van der Waals surface area contributed by atoms with E-state index in [0.717, 1.165) is 12.8 Å². The third kappa shape index (κ3) is 3.76. The summed E-state index contributed by atoms with van der Waals surface area (Å²) in [5.41, 5.74) is 1.81. The lowest BCUT2D eigenvalue weighted by Crippen LogP contribution is -2.36. The number of ether oxygens (including phenoxy) is 2. The van der Waals surface area contributed by atoms with E-state index >= 15 is 0 Å². The van der Waals surface area contributed by atoms with Gasteiger partial charge in [0.05, 0.1) is 19.9 Å². The number of rotatable bonds is 6. The Morgan fingerprint density at radius 1 is 1.30 bits per heavy atom. The lowest BCUT2D eigenvalue weighted by molar-refractivity contribution is 0.206. The second-order valence-electron chi connectivity index (χ2n) is 5.49. The van der Waals surface area contributed by atoms with Crippen LogP contribution >= 0.6 is 11.3 Å². The Labute approximate surface area is 139 Å². The van der Waals surface area contributed by atoms with E-state index in [1.165, 1.54) is 5.56 Å². The maximum Gasteiger partial charge on any atom is 0.322 e. The maximum absolute atomic E-state index is 12.7. The minimum atomic E-state index is -0.0952. The van der Waals surface area contributed by atoms with E-state index < -0.39 is 0 Å². The number of nitrogens with zero attached hydrogens (tertiary/aromatic N) is 1. The van der Waals surface area contributed by atoms with Crippen molar-refractivity contribution >= 4 is 23.1 Å². The van der Waals surface area contributed by atoms with Crippen molar-refractivity contribution in [2.24, 2.45) is 0 Å². The summed E-state index contributed by atoms with van der Waals surface area (Å²) in [6, 6.07) is 7.65. The summed E-state index contributed by atoms with van der Waals surface area (Å²) in [4.78, 5) is 14.6. The average molecular weight is 332 g/mol. The van der Waals surface area contributed by atoms with E-state index in [0.29, 0.717) is 29.8 Å². The highest BCUT2D eigenvalue weighted by Crippen LogP contribution is 2.32. The summed E-state index contributed by atoms with van der Waals surface area (Å²) in [7, 11) is 3.18. The van der Waals surface area contributed by atoms with E-state index in [1.807, 2.05) is 10.3 Å². The number of thiophene rings is 1. The Kier molecular flexibility index (Phi) is 4.71. The third-order valence-electron chi connectivity index (χ3n) is 3.83. The Morgan fingerprint density at radius 3 is 2.74 bits per heavy atom. The smallest absolute Gasteiger partial charge is 0.322 e. The molecular weight excluding hydrogens is 312 g/mol. The molecule has 0 unspecified atom stereocenters. The summed E-state index contributed by atoms with van der Waals surface area (Å²) in [6.07, 6.45) is 2.13. The van der Waals surface area contributed by atoms with Crippen LogP contribution < -0.4 is 14.8 Å². The van der Waals surface area contributed by atoms with Crippen LogP contribution in [-0.4, -0.2) is 31.2 Å². The van der Waals surface area contributed by atoms with Gasteiger partial charge in [-0.2, -0.15) is 11.3 Å². The van der Waals surface area contributed by atoms with Crippen LogP contribution in [0.15, 0.2) is 35.0 Å². The Hall–Kier alpha value is -2.21. The first-order valence-electron chi connectivity index (χ1n) is 7.52. The Bertz CT molecular complexity index is 668. The molecule has 0 saturated heterocycles. The van der Waals surface area contributed by atoms with Crippen LogP contribution in [0.1, 0.15) is 18.4 Å². The molecule has 1 aliphatic rings. The fourth-order valence-corrected chi connectivity index (χ4v) is 3.08. The maximum atomic E-state index is 12.7.